The van der Waals surface area contributed by atoms with Gasteiger partial charge in [0.1, 0.15) is 10.6 Å². The van der Waals surface area contributed by atoms with Crippen LogP contribution >= 0.6 is 23.1 Å². The number of thiophene rings is 1. The molecular weight excluding hydrogens is 366 g/mol. The maximum absolute atomic E-state index is 6.00. The number of unbranched alkanes of at least 4 members (excludes halogenated alkanes) is 1. The normalized spacial score (nSPS) is 16.0. The van der Waals surface area contributed by atoms with E-state index in [4.69, 9.17) is 19.4 Å². The number of aromatic nitrogens is 2. The largest absolute Gasteiger partial charge is 0.385 e. The van der Waals surface area contributed by atoms with Gasteiger partial charge in [-0.2, -0.15) is 0 Å². The number of fused-ring (bicyclic) bond motifs is 3. The molecule has 7 heteroatoms. The van der Waals surface area contributed by atoms with Gasteiger partial charge in [0.25, 0.3) is 0 Å². The summed E-state index contributed by atoms with van der Waals surface area (Å²) in [5.74, 6) is 2.03. The van der Waals surface area contributed by atoms with Crippen molar-refractivity contribution >= 4 is 39.1 Å². The summed E-state index contributed by atoms with van der Waals surface area (Å²) in [5.41, 5.74) is 1.23. The lowest BCUT2D eigenvalue weighted by molar-refractivity contribution is -0.0379. The van der Waals surface area contributed by atoms with Gasteiger partial charge in [0.15, 0.2) is 5.16 Å². The first-order valence-electron chi connectivity index (χ1n) is 9.36. The molecule has 0 radical (unpaired) electrons. The minimum absolute atomic E-state index is 0.136. The lowest BCUT2D eigenvalue weighted by Gasteiger charge is -2.30. The number of nitrogens with one attached hydrogen (secondary N) is 1. The average Bonchev–Trinajstić information content (AvgIpc) is 2.95. The van der Waals surface area contributed by atoms with E-state index in [0.717, 1.165) is 47.6 Å². The van der Waals surface area contributed by atoms with Crippen LogP contribution in [0.1, 0.15) is 50.5 Å². The number of nitrogens with zero attached hydrogens (tertiary/aromatic N) is 2. The molecule has 1 aliphatic rings. The van der Waals surface area contributed by atoms with Crippen LogP contribution in [0.25, 0.3) is 10.2 Å². The second-order valence-electron chi connectivity index (χ2n) is 7.24. The Balaban J connectivity index is 1.93. The van der Waals surface area contributed by atoms with Gasteiger partial charge in [-0.05, 0) is 32.3 Å². The Morgan fingerprint density at radius 1 is 1.31 bits per heavy atom. The number of ether oxygens (including phenoxy) is 2. The van der Waals surface area contributed by atoms with Crippen molar-refractivity contribution < 1.29 is 9.47 Å². The summed E-state index contributed by atoms with van der Waals surface area (Å²) in [6.45, 7) is 8.79. The maximum atomic E-state index is 6.00. The summed E-state index contributed by atoms with van der Waals surface area (Å²) in [6.07, 6.45) is 4.24. The molecule has 144 valence electrons. The van der Waals surface area contributed by atoms with Crippen LogP contribution in [0.4, 0.5) is 5.82 Å². The zero-order valence-corrected chi connectivity index (χ0v) is 17.8. The van der Waals surface area contributed by atoms with Gasteiger partial charge in [-0.1, -0.05) is 25.1 Å². The Labute approximate surface area is 164 Å². The van der Waals surface area contributed by atoms with Crippen LogP contribution in [0.2, 0.25) is 0 Å². The summed E-state index contributed by atoms with van der Waals surface area (Å²) >= 11 is 3.51. The molecule has 0 unspecified atom stereocenters. The van der Waals surface area contributed by atoms with Crippen molar-refractivity contribution in [3.8, 4) is 0 Å². The average molecular weight is 396 g/mol. The van der Waals surface area contributed by atoms with Gasteiger partial charge in [0.05, 0.1) is 17.6 Å². The molecule has 0 atom stereocenters. The summed E-state index contributed by atoms with van der Waals surface area (Å²) in [6, 6.07) is 0. The lowest BCUT2D eigenvalue weighted by Crippen LogP contribution is -2.31. The SMILES string of the molecule is CCCCSc1nc(NCCCOC)c2c3c(sc2n1)COC(C)(C)C3. The van der Waals surface area contributed by atoms with Gasteiger partial charge < -0.3 is 14.8 Å². The summed E-state index contributed by atoms with van der Waals surface area (Å²) in [4.78, 5) is 12.1. The first kappa shape index (κ1) is 19.9. The predicted molar refractivity (Wildman–Crippen MR) is 111 cm³/mol. The van der Waals surface area contributed by atoms with Crippen molar-refractivity contribution in [3.63, 3.8) is 0 Å². The zero-order valence-electron chi connectivity index (χ0n) is 16.2. The first-order valence-corrected chi connectivity index (χ1v) is 11.2. The minimum atomic E-state index is -0.136. The number of anilines is 1. The second kappa shape index (κ2) is 8.87. The van der Waals surface area contributed by atoms with Crippen molar-refractivity contribution in [2.45, 2.75) is 63.8 Å². The van der Waals surface area contributed by atoms with E-state index in [1.165, 1.54) is 28.7 Å². The highest BCUT2D eigenvalue weighted by atomic mass is 32.2. The Morgan fingerprint density at radius 3 is 2.92 bits per heavy atom. The summed E-state index contributed by atoms with van der Waals surface area (Å²) in [7, 11) is 1.74. The van der Waals surface area contributed by atoms with Crippen molar-refractivity contribution in [2.24, 2.45) is 0 Å². The quantitative estimate of drug-likeness (QED) is 0.371. The minimum Gasteiger partial charge on any atom is -0.385 e. The highest BCUT2D eigenvalue weighted by molar-refractivity contribution is 7.99. The van der Waals surface area contributed by atoms with Crippen LogP contribution in [0, 0.1) is 0 Å². The molecule has 0 saturated heterocycles. The first-order chi connectivity index (χ1) is 12.5. The van der Waals surface area contributed by atoms with E-state index >= 15 is 0 Å². The third kappa shape index (κ3) is 4.68. The molecule has 5 nitrogen and oxygen atoms in total. The molecule has 2 aromatic rings. The van der Waals surface area contributed by atoms with Crippen LogP contribution in [0.15, 0.2) is 5.16 Å². The van der Waals surface area contributed by atoms with Crippen molar-refractivity contribution in [1.82, 2.24) is 9.97 Å². The Bertz CT molecular complexity index is 746. The van der Waals surface area contributed by atoms with Crippen LogP contribution in [0.5, 0.6) is 0 Å². The highest BCUT2D eigenvalue weighted by Gasteiger charge is 2.31. The fraction of sp³-hybridized carbons (Fsp3) is 0.684. The predicted octanol–water partition coefficient (Wildman–Crippen LogP) is 4.88. The fourth-order valence-electron chi connectivity index (χ4n) is 3.05. The Morgan fingerprint density at radius 2 is 2.15 bits per heavy atom. The van der Waals surface area contributed by atoms with E-state index in [9.17, 15) is 0 Å². The molecule has 0 fully saturated rings. The smallest absolute Gasteiger partial charge is 0.190 e. The molecule has 1 N–H and O–H groups in total. The van der Waals surface area contributed by atoms with E-state index in [0.29, 0.717) is 6.61 Å². The lowest BCUT2D eigenvalue weighted by atomic mass is 9.94. The molecule has 26 heavy (non-hydrogen) atoms. The highest BCUT2D eigenvalue weighted by Crippen LogP contribution is 2.41. The molecule has 1 aliphatic heterocycles. The number of methoxy groups -OCH3 is 1. The molecule has 0 spiro atoms. The number of hydrogen-bond acceptors (Lipinski definition) is 7. The van der Waals surface area contributed by atoms with Gasteiger partial charge in [0.2, 0.25) is 0 Å². The van der Waals surface area contributed by atoms with Gasteiger partial charge in [0, 0.05) is 37.3 Å². The molecule has 0 aromatic carbocycles. The van der Waals surface area contributed by atoms with E-state index in [1.54, 1.807) is 30.2 Å². The molecule has 0 bridgehead atoms. The fourth-order valence-corrected chi connectivity index (χ4v) is 5.14. The number of hydrogen-bond donors (Lipinski definition) is 1. The molecule has 3 heterocycles. The number of thioether (sulfide) groups is 1. The molecule has 0 amide bonds. The second-order valence-corrected chi connectivity index (χ2v) is 9.38. The summed E-state index contributed by atoms with van der Waals surface area (Å²) < 4.78 is 11.2. The Kier molecular flexibility index (Phi) is 6.77. The van der Waals surface area contributed by atoms with E-state index < -0.39 is 0 Å². The zero-order chi connectivity index (χ0) is 18.6. The Hall–Kier alpha value is -0.890. The molecule has 2 aromatic heterocycles. The maximum Gasteiger partial charge on any atom is 0.190 e. The van der Waals surface area contributed by atoms with Gasteiger partial charge in [-0.25, -0.2) is 9.97 Å². The summed E-state index contributed by atoms with van der Waals surface area (Å²) in [5, 5.41) is 5.61. The monoisotopic (exact) mass is 395 g/mol. The molecule has 3 rings (SSSR count). The number of rotatable bonds is 9. The third-order valence-electron chi connectivity index (χ3n) is 4.46. The molecular formula is C19H29N3O2S2. The van der Waals surface area contributed by atoms with Gasteiger partial charge >= 0.3 is 0 Å². The van der Waals surface area contributed by atoms with Crippen LogP contribution < -0.4 is 5.32 Å². The van der Waals surface area contributed by atoms with Crippen LogP contribution in [0.3, 0.4) is 0 Å². The van der Waals surface area contributed by atoms with Gasteiger partial charge in [-0.3, -0.25) is 0 Å². The van der Waals surface area contributed by atoms with Crippen molar-refractivity contribution in [1.29, 1.82) is 0 Å². The van der Waals surface area contributed by atoms with E-state index in [-0.39, 0.29) is 5.60 Å². The van der Waals surface area contributed by atoms with Crippen LogP contribution in [-0.4, -0.2) is 41.6 Å². The van der Waals surface area contributed by atoms with Crippen LogP contribution in [-0.2, 0) is 22.5 Å². The van der Waals surface area contributed by atoms with E-state index in [2.05, 4.69) is 26.1 Å². The molecule has 0 saturated carbocycles. The van der Waals surface area contributed by atoms with Crippen molar-refractivity contribution in [3.05, 3.63) is 10.4 Å². The van der Waals surface area contributed by atoms with Crippen molar-refractivity contribution in [2.75, 3.05) is 31.3 Å². The van der Waals surface area contributed by atoms with E-state index in [1.807, 2.05) is 0 Å². The standard InChI is InChI=1S/C19H29N3O2S2/c1-5-6-10-25-18-21-16(20-8-7-9-23-4)15-13-11-19(2,3)24-12-14(13)26-17(15)22-18/h5-12H2,1-4H3,(H,20,21,22). The molecule has 0 aliphatic carbocycles. The topological polar surface area (TPSA) is 56.3 Å². The third-order valence-corrected chi connectivity index (χ3v) is 6.49. The van der Waals surface area contributed by atoms with Gasteiger partial charge in [-0.15, -0.1) is 11.3 Å².